The van der Waals surface area contributed by atoms with Crippen LogP contribution in [0.1, 0.15) is 25.2 Å². The molecular weight excluding hydrogens is 368 g/mol. The van der Waals surface area contributed by atoms with E-state index in [2.05, 4.69) is 10.4 Å². The first-order chi connectivity index (χ1) is 13.2. The maximum Gasteiger partial charge on any atom is 0.328 e. The summed E-state index contributed by atoms with van der Waals surface area (Å²) in [5.74, 6) is -0.757. The number of aromatic nitrogens is 2. The van der Waals surface area contributed by atoms with Gasteiger partial charge in [-0.25, -0.2) is 0 Å². The van der Waals surface area contributed by atoms with Crippen LogP contribution in [0, 0.1) is 24.0 Å². The topological polar surface area (TPSA) is 126 Å². The van der Waals surface area contributed by atoms with Crippen LogP contribution in [0.4, 0.5) is 11.4 Å². The van der Waals surface area contributed by atoms with E-state index in [0.29, 0.717) is 18.0 Å². The lowest BCUT2D eigenvalue weighted by Gasteiger charge is -2.15. The van der Waals surface area contributed by atoms with Crippen molar-refractivity contribution in [1.82, 2.24) is 9.78 Å². The summed E-state index contributed by atoms with van der Waals surface area (Å²) >= 11 is 0. The van der Waals surface area contributed by atoms with Crippen LogP contribution in [0.15, 0.2) is 24.3 Å². The number of hydrogen-bond donors (Lipinski definition) is 1. The van der Waals surface area contributed by atoms with Crippen molar-refractivity contribution in [2.75, 3.05) is 11.9 Å². The summed E-state index contributed by atoms with van der Waals surface area (Å²) in [6.07, 6.45) is -1.07. The number of esters is 1. The molecule has 2 rings (SSSR count). The van der Waals surface area contributed by atoms with Crippen LogP contribution in [0.2, 0.25) is 0 Å². The van der Waals surface area contributed by atoms with Gasteiger partial charge in [-0.05, 0) is 39.8 Å². The number of carbonyl (C=O) groups is 2. The van der Waals surface area contributed by atoms with Crippen LogP contribution in [-0.4, -0.2) is 39.3 Å². The molecule has 1 N–H and O–H groups in total. The van der Waals surface area contributed by atoms with Gasteiger partial charge < -0.3 is 14.8 Å². The SMILES string of the molecule is CCOc1ccccc1NC(=O)C(C)OC(=O)Cn1nc(C)c([N+](=O)[O-])c1C. The standard InChI is InChI=1S/C18H22N4O6/c1-5-27-15-9-7-6-8-14(15)19-18(24)13(4)28-16(23)10-21-12(3)17(22(25)26)11(2)20-21/h6-9,13H,5,10H2,1-4H3,(H,19,24). The lowest BCUT2D eigenvalue weighted by Crippen LogP contribution is -2.31. The number of hydrogen-bond acceptors (Lipinski definition) is 7. The molecule has 10 heteroatoms. The summed E-state index contributed by atoms with van der Waals surface area (Å²) in [4.78, 5) is 34.9. The van der Waals surface area contributed by atoms with Gasteiger partial charge in [-0.1, -0.05) is 12.1 Å². The van der Waals surface area contributed by atoms with E-state index in [-0.39, 0.29) is 23.6 Å². The average molecular weight is 390 g/mol. The van der Waals surface area contributed by atoms with Gasteiger partial charge in [-0.2, -0.15) is 5.10 Å². The van der Waals surface area contributed by atoms with Crippen molar-refractivity contribution in [3.8, 4) is 5.75 Å². The molecule has 0 saturated heterocycles. The molecule has 0 aliphatic carbocycles. The average Bonchev–Trinajstić information content (AvgIpc) is 2.90. The maximum absolute atomic E-state index is 12.3. The molecular formula is C18H22N4O6. The summed E-state index contributed by atoms with van der Waals surface area (Å²) in [5.41, 5.74) is 0.758. The Morgan fingerprint density at radius 3 is 2.61 bits per heavy atom. The van der Waals surface area contributed by atoms with Crippen molar-refractivity contribution in [2.45, 2.75) is 40.3 Å². The molecule has 10 nitrogen and oxygen atoms in total. The number of para-hydroxylation sites is 2. The number of aryl methyl sites for hydroxylation is 1. The second kappa shape index (κ2) is 8.98. The van der Waals surface area contributed by atoms with Crippen LogP contribution < -0.4 is 10.1 Å². The summed E-state index contributed by atoms with van der Waals surface area (Å²) in [6.45, 7) is 6.33. The molecule has 1 unspecified atom stereocenters. The minimum absolute atomic E-state index is 0.147. The Hall–Kier alpha value is -3.43. The molecule has 0 spiro atoms. The highest BCUT2D eigenvalue weighted by Crippen LogP contribution is 2.24. The van der Waals surface area contributed by atoms with E-state index in [1.165, 1.54) is 25.5 Å². The van der Waals surface area contributed by atoms with E-state index in [0.717, 1.165) is 0 Å². The molecule has 1 aromatic heterocycles. The molecule has 0 aliphatic rings. The summed E-state index contributed by atoms with van der Waals surface area (Å²) in [7, 11) is 0. The highest BCUT2D eigenvalue weighted by molar-refractivity contribution is 5.96. The summed E-state index contributed by atoms with van der Waals surface area (Å²) < 4.78 is 11.8. The predicted molar refractivity (Wildman–Crippen MR) is 100 cm³/mol. The normalized spacial score (nSPS) is 11.6. The van der Waals surface area contributed by atoms with E-state index in [1.54, 1.807) is 24.3 Å². The molecule has 0 fully saturated rings. The number of rotatable bonds is 8. The van der Waals surface area contributed by atoms with Crippen molar-refractivity contribution in [3.63, 3.8) is 0 Å². The Morgan fingerprint density at radius 2 is 2.00 bits per heavy atom. The summed E-state index contributed by atoms with van der Waals surface area (Å²) in [6, 6.07) is 6.90. The van der Waals surface area contributed by atoms with Gasteiger partial charge in [-0.15, -0.1) is 0 Å². The third-order valence-electron chi connectivity index (χ3n) is 3.93. The predicted octanol–water partition coefficient (Wildman–Crippen LogP) is 2.38. The quantitative estimate of drug-likeness (QED) is 0.416. The molecule has 1 aromatic carbocycles. The molecule has 0 radical (unpaired) electrons. The molecule has 0 bridgehead atoms. The van der Waals surface area contributed by atoms with Crippen molar-refractivity contribution in [1.29, 1.82) is 0 Å². The van der Waals surface area contributed by atoms with Crippen molar-refractivity contribution in [3.05, 3.63) is 45.8 Å². The largest absolute Gasteiger partial charge is 0.492 e. The molecule has 150 valence electrons. The van der Waals surface area contributed by atoms with Gasteiger partial charge in [0.15, 0.2) is 6.10 Å². The zero-order valence-electron chi connectivity index (χ0n) is 16.1. The smallest absolute Gasteiger partial charge is 0.328 e. The van der Waals surface area contributed by atoms with Crippen molar-refractivity contribution in [2.24, 2.45) is 0 Å². The maximum atomic E-state index is 12.3. The van der Waals surface area contributed by atoms with E-state index in [9.17, 15) is 19.7 Å². The Bertz CT molecular complexity index is 892. The van der Waals surface area contributed by atoms with Crippen molar-refractivity contribution >= 4 is 23.3 Å². The van der Waals surface area contributed by atoms with Crippen molar-refractivity contribution < 1.29 is 24.0 Å². The van der Waals surface area contributed by atoms with Crippen LogP contribution >= 0.6 is 0 Å². The number of ether oxygens (including phenoxy) is 2. The minimum Gasteiger partial charge on any atom is -0.492 e. The molecule has 0 saturated carbocycles. The number of nitrogens with zero attached hydrogens (tertiary/aromatic N) is 3. The summed E-state index contributed by atoms with van der Waals surface area (Å²) in [5, 5.41) is 17.7. The zero-order chi connectivity index (χ0) is 20.8. The van der Waals surface area contributed by atoms with Crippen LogP contribution in [-0.2, 0) is 20.9 Å². The fourth-order valence-electron chi connectivity index (χ4n) is 2.60. The van der Waals surface area contributed by atoms with Crippen LogP contribution in [0.3, 0.4) is 0 Å². The van der Waals surface area contributed by atoms with Gasteiger partial charge in [0.2, 0.25) is 0 Å². The fourth-order valence-corrected chi connectivity index (χ4v) is 2.60. The first-order valence-corrected chi connectivity index (χ1v) is 8.65. The number of carbonyl (C=O) groups excluding carboxylic acids is 2. The van der Waals surface area contributed by atoms with E-state index in [1.807, 2.05) is 6.92 Å². The Kier molecular flexibility index (Phi) is 6.69. The Balaban J connectivity index is 2.00. The third-order valence-corrected chi connectivity index (χ3v) is 3.93. The molecule has 1 amide bonds. The Morgan fingerprint density at radius 1 is 1.32 bits per heavy atom. The van der Waals surface area contributed by atoms with Gasteiger partial charge in [0.05, 0.1) is 17.2 Å². The molecule has 28 heavy (non-hydrogen) atoms. The van der Waals surface area contributed by atoms with Gasteiger partial charge >= 0.3 is 11.7 Å². The lowest BCUT2D eigenvalue weighted by molar-refractivity contribution is -0.386. The molecule has 0 aliphatic heterocycles. The monoisotopic (exact) mass is 390 g/mol. The first kappa shape index (κ1) is 20.9. The number of anilines is 1. The second-order valence-electron chi connectivity index (χ2n) is 5.98. The van der Waals surface area contributed by atoms with E-state index >= 15 is 0 Å². The first-order valence-electron chi connectivity index (χ1n) is 8.65. The fraction of sp³-hybridized carbons (Fsp3) is 0.389. The Labute approximate surface area is 161 Å². The molecule has 1 atom stereocenters. The van der Waals surface area contributed by atoms with E-state index < -0.39 is 22.9 Å². The molecule has 1 heterocycles. The van der Waals surface area contributed by atoms with Gasteiger partial charge in [0, 0.05) is 0 Å². The van der Waals surface area contributed by atoms with Crippen LogP contribution in [0.25, 0.3) is 0 Å². The number of nitrogens with one attached hydrogen (secondary N) is 1. The second-order valence-corrected chi connectivity index (χ2v) is 5.98. The number of amides is 1. The highest BCUT2D eigenvalue weighted by atomic mass is 16.6. The number of benzene rings is 1. The van der Waals surface area contributed by atoms with Gasteiger partial charge in [-0.3, -0.25) is 24.4 Å². The zero-order valence-corrected chi connectivity index (χ0v) is 16.1. The van der Waals surface area contributed by atoms with E-state index in [4.69, 9.17) is 9.47 Å². The van der Waals surface area contributed by atoms with Gasteiger partial charge in [0.1, 0.15) is 23.7 Å². The molecule has 2 aromatic rings. The number of nitro groups is 1. The van der Waals surface area contributed by atoms with Gasteiger partial charge in [0.25, 0.3) is 5.91 Å². The lowest BCUT2D eigenvalue weighted by atomic mass is 10.2. The van der Waals surface area contributed by atoms with Crippen LogP contribution in [0.5, 0.6) is 5.75 Å². The highest BCUT2D eigenvalue weighted by Gasteiger charge is 2.25. The minimum atomic E-state index is -1.07. The third kappa shape index (κ3) is 4.84.